The maximum Gasteiger partial charge on any atom is 0.222 e. The number of carbonyl (C=O) groups is 1. The molecule has 24 heavy (non-hydrogen) atoms. The zero-order chi connectivity index (χ0) is 16.9. The van der Waals surface area contributed by atoms with Gasteiger partial charge in [0.25, 0.3) is 0 Å². The highest BCUT2D eigenvalue weighted by molar-refractivity contribution is 5.76. The van der Waals surface area contributed by atoms with E-state index in [0.29, 0.717) is 12.5 Å². The Morgan fingerprint density at radius 1 is 1.08 bits per heavy atom. The fraction of sp³-hybridized carbons (Fsp3) is 0.650. The summed E-state index contributed by atoms with van der Waals surface area (Å²) in [6.45, 7) is 5.56. The molecule has 1 aliphatic heterocycles. The standard InChI is InChI=1S/C20H30N2O2/c1-2-16-6-8-17(9-7-16)10-11-20(24)22-14-12-21(13-15-22)18-4-3-5-19(18)23/h6-9,18-19,23H,2-5,10-15H2,1H3. The number of hydrogen-bond donors (Lipinski definition) is 1. The molecule has 1 heterocycles. The van der Waals surface area contributed by atoms with Gasteiger partial charge in [0.15, 0.2) is 0 Å². The molecular formula is C20H30N2O2. The lowest BCUT2D eigenvalue weighted by molar-refractivity contribution is -0.133. The average Bonchev–Trinajstić information content (AvgIpc) is 3.06. The van der Waals surface area contributed by atoms with Crippen LogP contribution in [0.2, 0.25) is 0 Å². The van der Waals surface area contributed by atoms with E-state index in [0.717, 1.165) is 58.3 Å². The molecule has 1 aliphatic carbocycles. The van der Waals surface area contributed by atoms with Gasteiger partial charge in [-0.3, -0.25) is 9.69 Å². The molecule has 1 aromatic rings. The monoisotopic (exact) mass is 330 g/mol. The molecule has 1 aromatic carbocycles. The fourth-order valence-electron chi connectivity index (χ4n) is 4.00. The van der Waals surface area contributed by atoms with E-state index in [-0.39, 0.29) is 12.0 Å². The van der Waals surface area contributed by atoms with Crippen molar-refractivity contribution in [2.75, 3.05) is 26.2 Å². The van der Waals surface area contributed by atoms with E-state index in [1.807, 2.05) is 4.90 Å². The molecule has 0 bridgehead atoms. The molecule has 4 heteroatoms. The Morgan fingerprint density at radius 2 is 1.75 bits per heavy atom. The van der Waals surface area contributed by atoms with Crippen molar-refractivity contribution in [3.8, 4) is 0 Å². The normalized spacial score (nSPS) is 25.2. The third-order valence-corrected chi connectivity index (χ3v) is 5.64. The predicted octanol–water partition coefficient (Wildman–Crippen LogP) is 2.24. The van der Waals surface area contributed by atoms with E-state index < -0.39 is 0 Å². The summed E-state index contributed by atoms with van der Waals surface area (Å²) in [5.41, 5.74) is 2.59. The molecule has 4 nitrogen and oxygen atoms in total. The molecule has 1 saturated heterocycles. The number of aliphatic hydroxyl groups is 1. The van der Waals surface area contributed by atoms with Crippen molar-refractivity contribution in [3.05, 3.63) is 35.4 Å². The number of nitrogens with zero attached hydrogens (tertiary/aromatic N) is 2. The van der Waals surface area contributed by atoms with E-state index in [4.69, 9.17) is 0 Å². The van der Waals surface area contributed by atoms with Crippen LogP contribution in [-0.4, -0.2) is 59.1 Å². The van der Waals surface area contributed by atoms with Crippen molar-refractivity contribution in [3.63, 3.8) is 0 Å². The smallest absolute Gasteiger partial charge is 0.222 e. The van der Waals surface area contributed by atoms with Crippen molar-refractivity contribution in [2.45, 2.75) is 57.6 Å². The van der Waals surface area contributed by atoms with Gasteiger partial charge in [0.2, 0.25) is 5.91 Å². The number of amides is 1. The molecule has 132 valence electrons. The number of aryl methyl sites for hydroxylation is 2. The number of carbonyl (C=O) groups excluding carboxylic acids is 1. The maximum absolute atomic E-state index is 12.4. The number of piperazine rings is 1. The highest BCUT2D eigenvalue weighted by atomic mass is 16.3. The highest BCUT2D eigenvalue weighted by Crippen LogP contribution is 2.25. The molecular weight excluding hydrogens is 300 g/mol. The lowest BCUT2D eigenvalue weighted by Gasteiger charge is -2.39. The van der Waals surface area contributed by atoms with Crippen molar-refractivity contribution in [1.82, 2.24) is 9.80 Å². The fourth-order valence-corrected chi connectivity index (χ4v) is 4.00. The second kappa shape index (κ2) is 8.13. The van der Waals surface area contributed by atoms with Gasteiger partial charge in [-0.1, -0.05) is 31.2 Å². The predicted molar refractivity (Wildman–Crippen MR) is 95.9 cm³/mol. The first-order chi connectivity index (χ1) is 11.7. The Bertz CT molecular complexity index is 535. The van der Waals surface area contributed by atoms with Crippen LogP contribution in [0.4, 0.5) is 0 Å². The quantitative estimate of drug-likeness (QED) is 0.900. The Hall–Kier alpha value is -1.39. The van der Waals surface area contributed by atoms with Crippen LogP contribution >= 0.6 is 0 Å². The van der Waals surface area contributed by atoms with E-state index in [2.05, 4.69) is 36.1 Å². The Labute approximate surface area is 145 Å². The van der Waals surface area contributed by atoms with Crippen molar-refractivity contribution in [2.24, 2.45) is 0 Å². The van der Waals surface area contributed by atoms with Crippen molar-refractivity contribution in [1.29, 1.82) is 0 Å². The van der Waals surface area contributed by atoms with Gasteiger partial charge in [-0.25, -0.2) is 0 Å². The summed E-state index contributed by atoms with van der Waals surface area (Å²) in [5.74, 6) is 0.265. The maximum atomic E-state index is 12.4. The molecule has 0 aromatic heterocycles. The third kappa shape index (κ3) is 4.17. The van der Waals surface area contributed by atoms with Crippen LogP contribution in [-0.2, 0) is 17.6 Å². The summed E-state index contributed by atoms with van der Waals surface area (Å²) in [4.78, 5) is 16.8. The molecule has 0 radical (unpaired) electrons. The van der Waals surface area contributed by atoms with Crippen LogP contribution in [0.1, 0.15) is 43.7 Å². The summed E-state index contributed by atoms with van der Waals surface area (Å²) >= 11 is 0. The number of rotatable bonds is 5. The van der Waals surface area contributed by atoms with Crippen molar-refractivity contribution < 1.29 is 9.90 Å². The first kappa shape index (κ1) is 17.4. The zero-order valence-electron chi connectivity index (χ0n) is 14.8. The Morgan fingerprint density at radius 3 is 2.33 bits per heavy atom. The minimum absolute atomic E-state index is 0.168. The first-order valence-electron chi connectivity index (χ1n) is 9.45. The van der Waals surface area contributed by atoms with Crippen molar-refractivity contribution >= 4 is 5.91 Å². The van der Waals surface area contributed by atoms with Gasteiger partial charge in [0.1, 0.15) is 0 Å². The molecule has 2 unspecified atom stereocenters. The van der Waals surface area contributed by atoms with Crippen LogP contribution < -0.4 is 0 Å². The minimum atomic E-state index is -0.168. The minimum Gasteiger partial charge on any atom is -0.391 e. The van der Waals surface area contributed by atoms with E-state index in [1.165, 1.54) is 11.1 Å². The van der Waals surface area contributed by atoms with Gasteiger partial charge in [-0.15, -0.1) is 0 Å². The number of hydrogen-bond acceptors (Lipinski definition) is 3. The Balaban J connectivity index is 1.43. The first-order valence-corrected chi connectivity index (χ1v) is 9.45. The largest absolute Gasteiger partial charge is 0.391 e. The molecule has 1 N–H and O–H groups in total. The zero-order valence-corrected chi connectivity index (χ0v) is 14.8. The van der Waals surface area contributed by atoms with Gasteiger partial charge in [0.05, 0.1) is 6.10 Å². The summed E-state index contributed by atoms with van der Waals surface area (Å²) in [6, 6.07) is 8.92. The van der Waals surface area contributed by atoms with Crippen LogP contribution in [0, 0.1) is 0 Å². The van der Waals surface area contributed by atoms with Gasteiger partial charge in [-0.2, -0.15) is 0 Å². The van der Waals surface area contributed by atoms with Crippen LogP contribution in [0.25, 0.3) is 0 Å². The topological polar surface area (TPSA) is 43.8 Å². The third-order valence-electron chi connectivity index (χ3n) is 5.64. The second-order valence-corrected chi connectivity index (χ2v) is 7.15. The molecule has 1 amide bonds. The molecule has 2 fully saturated rings. The average molecular weight is 330 g/mol. The van der Waals surface area contributed by atoms with Gasteiger partial charge < -0.3 is 10.0 Å². The second-order valence-electron chi connectivity index (χ2n) is 7.15. The number of benzene rings is 1. The van der Waals surface area contributed by atoms with Crippen LogP contribution in [0.5, 0.6) is 0 Å². The molecule has 1 saturated carbocycles. The molecule has 0 spiro atoms. The molecule has 3 rings (SSSR count). The Kier molecular flexibility index (Phi) is 5.90. The molecule has 2 aliphatic rings. The van der Waals surface area contributed by atoms with E-state index >= 15 is 0 Å². The lowest BCUT2D eigenvalue weighted by atomic mass is 10.1. The lowest BCUT2D eigenvalue weighted by Crippen LogP contribution is -2.53. The summed E-state index contributed by atoms with van der Waals surface area (Å²) < 4.78 is 0. The van der Waals surface area contributed by atoms with Gasteiger partial charge >= 0.3 is 0 Å². The van der Waals surface area contributed by atoms with Gasteiger partial charge in [-0.05, 0) is 43.2 Å². The van der Waals surface area contributed by atoms with E-state index in [1.54, 1.807) is 0 Å². The summed E-state index contributed by atoms with van der Waals surface area (Å²) in [6.07, 6.45) is 5.46. The SMILES string of the molecule is CCc1ccc(CCC(=O)N2CCN(C3CCCC3O)CC2)cc1. The molecule has 2 atom stereocenters. The van der Waals surface area contributed by atoms with Crippen LogP contribution in [0.15, 0.2) is 24.3 Å². The highest BCUT2D eigenvalue weighted by Gasteiger charge is 2.33. The van der Waals surface area contributed by atoms with Gasteiger partial charge in [0, 0.05) is 38.6 Å². The van der Waals surface area contributed by atoms with E-state index in [9.17, 15) is 9.90 Å². The van der Waals surface area contributed by atoms with Crippen LogP contribution in [0.3, 0.4) is 0 Å². The number of aliphatic hydroxyl groups excluding tert-OH is 1. The summed E-state index contributed by atoms with van der Waals surface area (Å²) in [5, 5.41) is 10.0. The summed E-state index contributed by atoms with van der Waals surface area (Å²) in [7, 11) is 0.